The van der Waals surface area contributed by atoms with Crippen LogP contribution in [-0.4, -0.2) is 12.6 Å². The predicted molar refractivity (Wildman–Crippen MR) is 60.2 cm³/mol. The Bertz CT molecular complexity index is 350. The number of nitrogen functional groups attached to an aromatic ring is 2. The normalized spacial score (nSPS) is 9.93. The van der Waals surface area contributed by atoms with Gasteiger partial charge in [-0.05, 0) is 31.0 Å². The molecule has 0 atom stereocenters. The SMILES string of the molecule is CCOC(=O)CCc1ccc(N)cc1N. The third kappa shape index (κ3) is 3.50. The van der Waals surface area contributed by atoms with E-state index in [4.69, 9.17) is 16.2 Å². The minimum atomic E-state index is -0.200. The summed E-state index contributed by atoms with van der Waals surface area (Å²) >= 11 is 0. The van der Waals surface area contributed by atoms with E-state index in [1.807, 2.05) is 6.07 Å². The largest absolute Gasteiger partial charge is 0.466 e. The van der Waals surface area contributed by atoms with Crippen LogP contribution in [0.25, 0.3) is 0 Å². The molecule has 15 heavy (non-hydrogen) atoms. The van der Waals surface area contributed by atoms with E-state index in [1.54, 1.807) is 19.1 Å². The molecule has 4 nitrogen and oxygen atoms in total. The van der Waals surface area contributed by atoms with Crippen LogP contribution in [0.3, 0.4) is 0 Å². The summed E-state index contributed by atoms with van der Waals surface area (Å²) < 4.78 is 4.82. The molecule has 0 spiro atoms. The lowest BCUT2D eigenvalue weighted by Gasteiger charge is -2.06. The lowest BCUT2D eigenvalue weighted by molar-refractivity contribution is -0.143. The van der Waals surface area contributed by atoms with Crippen LogP contribution in [0.2, 0.25) is 0 Å². The fourth-order valence-corrected chi connectivity index (χ4v) is 1.31. The molecule has 1 rings (SSSR count). The zero-order valence-electron chi connectivity index (χ0n) is 8.82. The van der Waals surface area contributed by atoms with Crippen LogP contribution >= 0.6 is 0 Å². The van der Waals surface area contributed by atoms with Crippen molar-refractivity contribution in [2.45, 2.75) is 19.8 Å². The fourth-order valence-electron chi connectivity index (χ4n) is 1.31. The van der Waals surface area contributed by atoms with Crippen molar-refractivity contribution in [3.63, 3.8) is 0 Å². The first-order valence-corrected chi connectivity index (χ1v) is 4.93. The third-order valence-electron chi connectivity index (χ3n) is 2.07. The number of benzene rings is 1. The first-order valence-electron chi connectivity index (χ1n) is 4.93. The average molecular weight is 208 g/mol. The molecule has 0 saturated heterocycles. The van der Waals surface area contributed by atoms with Crippen molar-refractivity contribution in [3.05, 3.63) is 23.8 Å². The first-order chi connectivity index (χ1) is 7.13. The van der Waals surface area contributed by atoms with Crippen LogP contribution in [-0.2, 0) is 16.0 Å². The summed E-state index contributed by atoms with van der Waals surface area (Å²) in [6, 6.07) is 5.31. The number of rotatable bonds is 4. The number of carbonyl (C=O) groups excluding carboxylic acids is 1. The predicted octanol–water partition coefficient (Wildman–Crippen LogP) is 1.35. The summed E-state index contributed by atoms with van der Waals surface area (Å²) in [5.41, 5.74) is 13.5. The van der Waals surface area contributed by atoms with Gasteiger partial charge in [0.1, 0.15) is 0 Å². The van der Waals surface area contributed by atoms with Crippen LogP contribution in [0.4, 0.5) is 11.4 Å². The molecule has 82 valence electrons. The van der Waals surface area contributed by atoms with Crippen molar-refractivity contribution >= 4 is 17.3 Å². The number of anilines is 2. The molecular formula is C11H16N2O2. The van der Waals surface area contributed by atoms with Crippen LogP contribution in [0, 0.1) is 0 Å². The zero-order valence-corrected chi connectivity index (χ0v) is 8.82. The summed E-state index contributed by atoms with van der Waals surface area (Å²) in [7, 11) is 0. The number of nitrogens with two attached hydrogens (primary N) is 2. The van der Waals surface area contributed by atoms with E-state index in [0.717, 1.165) is 5.56 Å². The summed E-state index contributed by atoms with van der Waals surface area (Å²) in [4.78, 5) is 11.1. The Balaban J connectivity index is 2.54. The number of carbonyl (C=O) groups is 1. The number of esters is 1. The van der Waals surface area contributed by atoms with Crippen molar-refractivity contribution in [2.24, 2.45) is 0 Å². The molecule has 1 aromatic carbocycles. The van der Waals surface area contributed by atoms with Crippen LogP contribution in [0.5, 0.6) is 0 Å². The summed E-state index contributed by atoms with van der Waals surface area (Å²) in [6.45, 7) is 2.20. The topological polar surface area (TPSA) is 78.3 Å². The standard InChI is InChI=1S/C11H16N2O2/c1-2-15-11(14)6-4-8-3-5-9(12)7-10(8)13/h3,5,7H,2,4,6,12-13H2,1H3. The molecule has 0 saturated carbocycles. The van der Waals surface area contributed by atoms with E-state index in [0.29, 0.717) is 30.8 Å². The lowest BCUT2D eigenvalue weighted by atomic mass is 10.1. The Kier molecular flexibility index (Phi) is 3.97. The van der Waals surface area contributed by atoms with Gasteiger partial charge in [-0.25, -0.2) is 0 Å². The van der Waals surface area contributed by atoms with Gasteiger partial charge in [0.2, 0.25) is 0 Å². The van der Waals surface area contributed by atoms with E-state index < -0.39 is 0 Å². The molecule has 0 radical (unpaired) electrons. The van der Waals surface area contributed by atoms with Gasteiger partial charge >= 0.3 is 5.97 Å². The van der Waals surface area contributed by atoms with Gasteiger partial charge in [-0.1, -0.05) is 6.07 Å². The maximum absolute atomic E-state index is 11.1. The monoisotopic (exact) mass is 208 g/mol. The van der Waals surface area contributed by atoms with Gasteiger partial charge in [0.15, 0.2) is 0 Å². The average Bonchev–Trinajstić information content (AvgIpc) is 2.17. The Hall–Kier alpha value is -1.71. The van der Waals surface area contributed by atoms with Gasteiger partial charge < -0.3 is 16.2 Å². The van der Waals surface area contributed by atoms with E-state index >= 15 is 0 Å². The van der Waals surface area contributed by atoms with E-state index in [9.17, 15) is 4.79 Å². The highest BCUT2D eigenvalue weighted by molar-refractivity contribution is 5.70. The van der Waals surface area contributed by atoms with Crippen molar-refractivity contribution in [1.82, 2.24) is 0 Å². The lowest BCUT2D eigenvalue weighted by Crippen LogP contribution is -2.06. The Morgan fingerprint density at radius 3 is 2.73 bits per heavy atom. The van der Waals surface area contributed by atoms with Crippen molar-refractivity contribution in [2.75, 3.05) is 18.1 Å². The molecular weight excluding hydrogens is 192 g/mol. The van der Waals surface area contributed by atoms with Gasteiger partial charge in [0.25, 0.3) is 0 Å². The number of aryl methyl sites for hydroxylation is 1. The highest BCUT2D eigenvalue weighted by Crippen LogP contribution is 2.17. The van der Waals surface area contributed by atoms with Gasteiger partial charge in [-0.15, -0.1) is 0 Å². The van der Waals surface area contributed by atoms with Crippen LogP contribution in [0.15, 0.2) is 18.2 Å². The second kappa shape index (κ2) is 5.24. The van der Waals surface area contributed by atoms with Crippen molar-refractivity contribution < 1.29 is 9.53 Å². The quantitative estimate of drug-likeness (QED) is 0.578. The van der Waals surface area contributed by atoms with Crippen LogP contribution in [0.1, 0.15) is 18.9 Å². The molecule has 1 aromatic rings. The molecule has 0 aliphatic heterocycles. The molecule has 0 heterocycles. The van der Waals surface area contributed by atoms with Gasteiger partial charge in [0, 0.05) is 17.8 Å². The molecule has 0 aliphatic rings. The maximum atomic E-state index is 11.1. The third-order valence-corrected chi connectivity index (χ3v) is 2.07. The van der Waals surface area contributed by atoms with Crippen molar-refractivity contribution in [1.29, 1.82) is 0 Å². The summed E-state index contributed by atoms with van der Waals surface area (Å²) in [5, 5.41) is 0. The zero-order chi connectivity index (χ0) is 11.3. The van der Waals surface area contributed by atoms with Gasteiger partial charge in [-0.2, -0.15) is 0 Å². The summed E-state index contributed by atoms with van der Waals surface area (Å²) in [6.07, 6.45) is 0.937. The van der Waals surface area contributed by atoms with E-state index in [1.165, 1.54) is 0 Å². The maximum Gasteiger partial charge on any atom is 0.306 e. The van der Waals surface area contributed by atoms with Crippen molar-refractivity contribution in [3.8, 4) is 0 Å². The number of hydrogen-bond acceptors (Lipinski definition) is 4. The Morgan fingerprint density at radius 1 is 1.40 bits per heavy atom. The molecule has 0 bridgehead atoms. The first kappa shape index (κ1) is 11.4. The minimum absolute atomic E-state index is 0.200. The van der Waals surface area contributed by atoms with Gasteiger partial charge in [0.05, 0.1) is 6.61 Å². The molecule has 0 aliphatic carbocycles. The highest BCUT2D eigenvalue weighted by Gasteiger charge is 2.05. The molecule has 0 amide bonds. The summed E-state index contributed by atoms with van der Waals surface area (Å²) in [5.74, 6) is -0.200. The van der Waals surface area contributed by atoms with E-state index in [-0.39, 0.29) is 5.97 Å². The smallest absolute Gasteiger partial charge is 0.306 e. The second-order valence-electron chi connectivity index (χ2n) is 3.26. The molecule has 4 heteroatoms. The molecule has 0 aromatic heterocycles. The molecule has 0 unspecified atom stereocenters. The Morgan fingerprint density at radius 2 is 2.13 bits per heavy atom. The molecule has 4 N–H and O–H groups in total. The second-order valence-corrected chi connectivity index (χ2v) is 3.26. The fraction of sp³-hybridized carbons (Fsp3) is 0.364. The molecule has 0 fully saturated rings. The van der Waals surface area contributed by atoms with E-state index in [2.05, 4.69) is 0 Å². The van der Waals surface area contributed by atoms with Crippen LogP contribution < -0.4 is 11.5 Å². The highest BCUT2D eigenvalue weighted by atomic mass is 16.5. The minimum Gasteiger partial charge on any atom is -0.466 e. The Labute approximate surface area is 89.2 Å². The number of hydrogen-bond donors (Lipinski definition) is 2. The number of ether oxygens (including phenoxy) is 1. The van der Waals surface area contributed by atoms with Gasteiger partial charge in [-0.3, -0.25) is 4.79 Å².